The van der Waals surface area contributed by atoms with Gasteiger partial charge in [-0.2, -0.15) is 0 Å². The standard InChI is InChI=1S/C17H19BrN2O3/c1-10(18)15(21)19-12-6-7-13-11(8-12)9-14(20(13)5)16(22)23-17(2,3)4/h6-9H,1H2,2-5H3,(H,19,21). The molecule has 1 heterocycles. The second-order valence-corrected chi connectivity index (χ2v) is 7.18. The first-order valence-electron chi connectivity index (χ1n) is 7.07. The number of nitrogens with one attached hydrogen (secondary N) is 1. The number of aromatic nitrogens is 1. The Kier molecular flexibility index (Phi) is 4.66. The number of halogens is 1. The van der Waals surface area contributed by atoms with Gasteiger partial charge in [-0.05, 0) is 61.0 Å². The summed E-state index contributed by atoms with van der Waals surface area (Å²) in [7, 11) is 1.81. The number of anilines is 1. The molecule has 1 N–H and O–H groups in total. The topological polar surface area (TPSA) is 60.3 Å². The molecule has 6 heteroatoms. The summed E-state index contributed by atoms with van der Waals surface area (Å²) in [5.74, 6) is -0.691. The number of fused-ring (bicyclic) bond motifs is 1. The summed E-state index contributed by atoms with van der Waals surface area (Å²) in [4.78, 5) is 23.9. The van der Waals surface area contributed by atoms with Gasteiger partial charge in [0.15, 0.2) is 0 Å². The molecule has 0 radical (unpaired) electrons. The van der Waals surface area contributed by atoms with Crippen molar-refractivity contribution in [2.45, 2.75) is 26.4 Å². The minimum atomic E-state index is -0.553. The molecule has 2 aromatic rings. The van der Waals surface area contributed by atoms with E-state index in [0.29, 0.717) is 11.4 Å². The fourth-order valence-electron chi connectivity index (χ4n) is 2.15. The Morgan fingerprint density at radius 1 is 1.26 bits per heavy atom. The van der Waals surface area contributed by atoms with Crippen molar-refractivity contribution in [3.8, 4) is 0 Å². The third-order valence-electron chi connectivity index (χ3n) is 3.15. The lowest BCUT2D eigenvalue weighted by Crippen LogP contribution is -2.25. The monoisotopic (exact) mass is 378 g/mol. The smallest absolute Gasteiger partial charge is 0.355 e. The van der Waals surface area contributed by atoms with E-state index in [0.717, 1.165) is 10.9 Å². The van der Waals surface area contributed by atoms with Crippen molar-refractivity contribution in [1.29, 1.82) is 0 Å². The fraction of sp³-hybridized carbons (Fsp3) is 0.294. The van der Waals surface area contributed by atoms with Crippen molar-refractivity contribution >= 4 is 44.4 Å². The first-order chi connectivity index (χ1) is 10.6. The Morgan fingerprint density at radius 3 is 2.48 bits per heavy atom. The number of rotatable bonds is 3. The van der Waals surface area contributed by atoms with E-state index < -0.39 is 5.60 Å². The van der Waals surface area contributed by atoms with E-state index >= 15 is 0 Å². The number of carbonyl (C=O) groups excluding carboxylic acids is 2. The van der Waals surface area contributed by atoms with Crippen LogP contribution in [0.5, 0.6) is 0 Å². The van der Waals surface area contributed by atoms with E-state index in [2.05, 4.69) is 27.8 Å². The number of carbonyl (C=O) groups is 2. The van der Waals surface area contributed by atoms with Crippen LogP contribution in [0.1, 0.15) is 31.3 Å². The van der Waals surface area contributed by atoms with Gasteiger partial charge in [0.25, 0.3) is 5.91 Å². The Labute approximate surface area is 143 Å². The van der Waals surface area contributed by atoms with Gasteiger partial charge >= 0.3 is 5.97 Å². The van der Waals surface area contributed by atoms with Crippen LogP contribution in [0.3, 0.4) is 0 Å². The molecule has 23 heavy (non-hydrogen) atoms. The van der Waals surface area contributed by atoms with Gasteiger partial charge < -0.3 is 14.6 Å². The summed E-state index contributed by atoms with van der Waals surface area (Å²) in [5, 5.41) is 3.56. The second kappa shape index (κ2) is 6.20. The molecule has 1 aromatic heterocycles. The van der Waals surface area contributed by atoms with Crippen molar-refractivity contribution in [3.05, 3.63) is 41.0 Å². The van der Waals surface area contributed by atoms with Crippen LogP contribution in [-0.4, -0.2) is 22.0 Å². The van der Waals surface area contributed by atoms with Crippen molar-refractivity contribution in [2.24, 2.45) is 7.05 Å². The average molecular weight is 379 g/mol. The molecule has 2 rings (SSSR count). The Balaban J connectivity index is 2.36. The van der Waals surface area contributed by atoms with Gasteiger partial charge in [-0.25, -0.2) is 4.79 Å². The highest BCUT2D eigenvalue weighted by molar-refractivity contribution is 9.12. The Morgan fingerprint density at radius 2 is 1.91 bits per heavy atom. The van der Waals surface area contributed by atoms with Gasteiger partial charge in [0.1, 0.15) is 11.3 Å². The van der Waals surface area contributed by atoms with Gasteiger partial charge in [0.05, 0.1) is 4.48 Å². The first kappa shape index (κ1) is 17.3. The highest BCUT2D eigenvalue weighted by Gasteiger charge is 2.21. The summed E-state index contributed by atoms with van der Waals surface area (Å²) in [5.41, 5.74) is 1.41. The lowest BCUT2D eigenvalue weighted by Gasteiger charge is -2.19. The predicted molar refractivity (Wildman–Crippen MR) is 94.8 cm³/mol. The van der Waals surface area contributed by atoms with Gasteiger partial charge in [-0.3, -0.25) is 4.79 Å². The molecule has 0 aliphatic rings. The average Bonchev–Trinajstić information content (AvgIpc) is 2.73. The molecule has 0 bridgehead atoms. The zero-order chi connectivity index (χ0) is 17.4. The molecule has 0 saturated heterocycles. The summed E-state index contributed by atoms with van der Waals surface area (Å²) < 4.78 is 7.44. The van der Waals surface area contributed by atoms with Crippen LogP contribution in [0.4, 0.5) is 5.69 Å². The van der Waals surface area contributed by atoms with Gasteiger partial charge in [-0.15, -0.1) is 0 Å². The molecule has 0 unspecified atom stereocenters. The third-order valence-corrected chi connectivity index (χ3v) is 3.51. The van der Waals surface area contributed by atoms with Gasteiger partial charge in [0.2, 0.25) is 0 Å². The molecule has 5 nitrogen and oxygen atoms in total. The van der Waals surface area contributed by atoms with E-state index in [-0.39, 0.29) is 16.4 Å². The van der Waals surface area contributed by atoms with Crippen LogP contribution in [0.25, 0.3) is 10.9 Å². The van der Waals surface area contributed by atoms with E-state index in [1.165, 1.54) is 0 Å². The minimum Gasteiger partial charge on any atom is -0.455 e. The predicted octanol–water partition coefficient (Wildman–Crippen LogP) is 3.98. The fourth-order valence-corrected chi connectivity index (χ4v) is 2.25. The molecule has 122 valence electrons. The molecule has 0 fully saturated rings. The van der Waals surface area contributed by atoms with E-state index in [1.807, 2.05) is 26.8 Å². The number of benzene rings is 1. The molecule has 1 amide bonds. The van der Waals surface area contributed by atoms with Crippen LogP contribution in [0.15, 0.2) is 35.3 Å². The zero-order valence-corrected chi connectivity index (χ0v) is 15.2. The number of ether oxygens (including phenoxy) is 1. The number of nitrogens with zero attached hydrogens (tertiary/aromatic N) is 1. The molecule has 0 aliphatic heterocycles. The van der Waals surface area contributed by atoms with Crippen molar-refractivity contribution in [3.63, 3.8) is 0 Å². The summed E-state index contributed by atoms with van der Waals surface area (Å²) in [6.45, 7) is 9.01. The van der Waals surface area contributed by atoms with E-state index in [1.54, 1.807) is 29.8 Å². The van der Waals surface area contributed by atoms with Crippen molar-refractivity contribution in [1.82, 2.24) is 4.57 Å². The quantitative estimate of drug-likeness (QED) is 0.648. The molecule has 0 spiro atoms. The Bertz CT molecular complexity index is 800. The van der Waals surface area contributed by atoms with Crippen LogP contribution in [0, 0.1) is 0 Å². The number of esters is 1. The molecule has 1 aromatic carbocycles. The second-order valence-electron chi connectivity index (χ2n) is 6.22. The molecule has 0 atom stereocenters. The normalized spacial score (nSPS) is 11.3. The number of amides is 1. The maximum Gasteiger partial charge on any atom is 0.355 e. The van der Waals surface area contributed by atoms with Crippen LogP contribution >= 0.6 is 15.9 Å². The maximum absolute atomic E-state index is 12.3. The summed E-state index contributed by atoms with van der Waals surface area (Å²) in [6, 6.07) is 7.17. The Hall–Kier alpha value is -2.08. The molecule has 0 saturated carbocycles. The highest BCUT2D eigenvalue weighted by Crippen LogP contribution is 2.24. The minimum absolute atomic E-state index is 0.250. The number of hydrogen-bond acceptors (Lipinski definition) is 3. The number of aryl methyl sites for hydroxylation is 1. The third kappa shape index (κ3) is 4.01. The van der Waals surface area contributed by atoms with Crippen LogP contribution in [0.2, 0.25) is 0 Å². The van der Waals surface area contributed by atoms with Crippen LogP contribution < -0.4 is 5.32 Å². The van der Waals surface area contributed by atoms with Crippen molar-refractivity contribution < 1.29 is 14.3 Å². The highest BCUT2D eigenvalue weighted by atomic mass is 79.9. The van der Waals surface area contributed by atoms with Crippen molar-refractivity contribution in [2.75, 3.05) is 5.32 Å². The summed E-state index contributed by atoms with van der Waals surface area (Å²) in [6.07, 6.45) is 0. The maximum atomic E-state index is 12.3. The van der Waals surface area contributed by atoms with E-state index in [4.69, 9.17) is 4.74 Å². The van der Waals surface area contributed by atoms with E-state index in [9.17, 15) is 9.59 Å². The molecular formula is C17H19BrN2O3. The molecule has 0 aliphatic carbocycles. The van der Waals surface area contributed by atoms with Gasteiger partial charge in [-0.1, -0.05) is 6.58 Å². The largest absolute Gasteiger partial charge is 0.455 e. The van der Waals surface area contributed by atoms with Gasteiger partial charge in [0, 0.05) is 23.6 Å². The zero-order valence-electron chi connectivity index (χ0n) is 13.6. The number of hydrogen-bond donors (Lipinski definition) is 1. The first-order valence-corrected chi connectivity index (χ1v) is 7.86. The molecular weight excluding hydrogens is 360 g/mol. The lowest BCUT2D eigenvalue weighted by atomic mass is 10.2. The van der Waals surface area contributed by atoms with Crippen LogP contribution in [-0.2, 0) is 16.6 Å². The lowest BCUT2D eigenvalue weighted by molar-refractivity contribution is -0.112. The SMILES string of the molecule is C=C(Br)C(=O)Nc1ccc2c(c1)cc(C(=O)OC(C)(C)C)n2C. The summed E-state index contributed by atoms with van der Waals surface area (Å²) >= 11 is 3.04.